The molecule has 2 aromatic heterocycles. The molecule has 0 radical (unpaired) electrons. The van der Waals surface area contributed by atoms with Gasteiger partial charge in [0.25, 0.3) is 0 Å². The molecule has 0 spiro atoms. The molecule has 0 unspecified atom stereocenters. The minimum Gasteiger partial charge on any atom is -0.478 e. The SMILES string of the molecule is CCc1nc(Cc2cccs2)ncc1C(=O)O. The fourth-order valence-corrected chi connectivity index (χ4v) is 2.26. The maximum absolute atomic E-state index is 10.9. The molecule has 0 amide bonds. The van der Waals surface area contributed by atoms with Gasteiger partial charge in [0.2, 0.25) is 0 Å². The zero-order valence-corrected chi connectivity index (χ0v) is 10.2. The Morgan fingerprint density at radius 3 is 2.94 bits per heavy atom. The molecular formula is C12H12N2O2S. The van der Waals surface area contributed by atoms with Crippen LogP contribution in [0.1, 0.15) is 33.7 Å². The molecule has 0 aliphatic carbocycles. The second-order valence-electron chi connectivity index (χ2n) is 3.56. The molecule has 0 aromatic carbocycles. The molecule has 88 valence electrons. The van der Waals surface area contributed by atoms with E-state index in [0.717, 1.165) is 0 Å². The second kappa shape index (κ2) is 5.05. The Morgan fingerprint density at radius 2 is 2.35 bits per heavy atom. The highest BCUT2D eigenvalue weighted by Gasteiger charge is 2.12. The molecule has 5 heteroatoms. The number of aromatic nitrogens is 2. The van der Waals surface area contributed by atoms with Gasteiger partial charge in [-0.2, -0.15) is 0 Å². The highest BCUT2D eigenvalue weighted by atomic mass is 32.1. The van der Waals surface area contributed by atoms with Crippen molar-refractivity contribution < 1.29 is 9.90 Å². The number of carbonyl (C=O) groups is 1. The zero-order chi connectivity index (χ0) is 12.3. The van der Waals surface area contributed by atoms with Crippen molar-refractivity contribution in [3.63, 3.8) is 0 Å². The molecule has 0 bridgehead atoms. The molecule has 2 rings (SSSR count). The standard InChI is InChI=1S/C12H12N2O2S/c1-2-10-9(12(15)16)7-13-11(14-10)6-8-4-3-5-17-8/h3-5,7H,2,6H2,1H3,(H,15,16). The molecule has 0 saturated carbocycles. The van der Waals surface area contributed by atoms with Crippen LogP contribution in [0.5, 0.6) is 0 Å². The van der Waals surface area contributed by atoms with E-state index in [1.54, 1.807) is 11.3 Å². The van der Waals surface area contributed by atoms with Gasteiger partial charge < -0.3 is 5.11 Å². The largest absolute Gasteiger partial charge is 0.478 e. The molecule has 4 nitrogen and oxygen atoms in total. The van der Waals surface area contributed by atoms with Gasteiger partial charge in [0.1, 0.15) is 5.82 Å². The van der Waals surface area contributed by atoms with Crippen molar-refractivity contribution >= 4 is 17.3 Å². The van der Waals surface area contributed by atoms with E-state index in [1.807, 2.05) is 24.4 Å². The number of carboxylic acid groups (broad SMARTS) is 1. The third kappa shape index (κ3) is 2.68. The summed E-state index contributed by atoms with van der Waals surface area (Å²) in [6, 6.07) is 4.00. The molecule has 0 aliphatic heterocycles. The Balaban J connectivity index is 2.28. The summed E-state index contributed by atoms with van der Waals surface area (Å²) in [5.74, 6) is -0.293. The number of thiophene rings is 1. The lowest BCUT2D eigenvalue weighted by molar-refractivity contribution is 0.0694. The van der Waals surface area contributed by atoms with Crippen LogP contribution in [-0.2, 0) is 12.8 Å². The summed E-state index contributed by atoms with van der Waals surface area (Å²) < 4.78 is 0. The van der Waals surface area contributed by atoms with Crippen molar-refractivity contribution in [1.29, 1.82) is 0 Å². The molecule has 2 aromatic rings. The zero-order valence-electron chi connectivity index (χ0n) is 9.38. The van der Waals surface area contributed by atoms with Crippen molar-refractivity contribution in [2.24, 2.45) is 0 Å². The lowest BCUT2D eigenvalue weighted by Gasteiger charge is -2.04. The lowest BCUT2D eigenvalue weighted by Crippen LogP contribution is -2.08. The number of aromatic carboxylic acids is 1. The molecule has 17 heavy (non-hydrogen) atoms. The Kier molecular flexibility index (Phi) is 3.49. The maximum atomic E-state index is 10.9. The maximum Gasteiger partial charge on any atom is 0.339 e. The minimum absolute atomic E-state index is 0.197. The topological polar surface area (TPSA) is 63.1 Å². The smallest absolute Gasteiger partial charge is 0.339 e. The Morgan fingerprint density at radius 1 is 1.53 bits per heavy atom. The predicted molar refractivity (Wildman–Crippen MR) is 65.5 cm³/mol. The van der Waals surface area contributed by atoms with Gasteiger partial charge in [-0.05, 0) is 17.9 Å². The van der Waals surface area contributed by atoms with Gasteiger partial charge in [-0.1, -0.05) is 13.0 Å². The van der Waals surface area contributed by atoms with Crippen LogP contribution in [0.2, 0.25) is 0 Å². The van der Waals surface area contributed by atoms with Crippen LogP contribution in [0, 0.1) is 0 Å². The first-order chi connectivity index (χ1) is 8.20. The van der Waals surface area contributed by atoms with E-state index >= 15 is 0 Å². The van der Waals surface area contributed by atoms with E-state index in [4.69, 9.17) is 5.11 Å². The first-order valence-electron chi connectivity index (χ1n) is 5.31. The number of hydrogen-bond donors (Lipinski definition) is 1. The van der Waals surface area contributed by atoms with E-state index < -0.39 is 5.97 Å². The summed E-state index contributed by atoms with van der Waals surface area (Å²) in [6.07, 6.45) is 2.66. The average Bonchev–Trinajstić information content (AvgIpc) is 2.81. The fraction of sp³-hybridized carbons (Fsp3) is 0.250. The van der Waals surface area contributed by atoms with Crippen LogP contribution < -0.4 is 0 Å². The monoisotopic (exact) mass is 248 g/mol. The summed E-state index contributed by atoms with van der Waals surface area (Å²) >= 11 is 1.65. The van der Waals surface area contributed by atoms with E-state index in [2.05, 4.69) is 9.97 Å². The molecule has 0 saturated heterocycles. The van der Waals surface area contributed by atoms with E-state index in [-0.39, 0.29) is 5.56 Å². The summed E-state index contributed by atoms with van der Waals surface area (Å²) in [5, 5.41) is 11.0. The van der Waals surface area contributed by atoms with Crippen molar-refractivity contribution in [3.05, 3.63) is 45.7 Å². The average molecular weight is 248 g/mol. The molecule has 0 aliphatic rings. The van der Waals surface area contributed by atoms with Gasteiger partial charge >= 0.3 is 5.97 Å². The van der Waals surface area contributed by atoms with E-state index in [1.165, 1.54) is 11.1 Å². The molecule has 0 fully saturated rings. The first-order valence-corrected chi connectivity index (χ1v) is 6.19. The van der Waals surface area contributed by atoms with Crippen molar-refractivity contribution in [2.45, 2.75) is 19.8 Å². The van der Waals surface area contributed by atoms with Crippen molar-refractivity contribution in [1.82, 2.24) is 9.97 Å². The number of nitrogens with zero attached hydrogens (tertiary/aromatic N) is 2. The van der Waals surface area contributed by atoms with Crippen LogP contribution in [0.3, 0.4) is 0 Å². The third-order valence-electron chi connectivity index (χ3n) is 2.40. The highest BCUT2D eigenvalue weighted by Crippen LogP contribution is 2.14. The van der Waals surface area contributed by atoms with Gasteiger partial charge in [-0.3, -0.25) is 0 Å². The second-order valence-corrected chi connectivity index (χ2v) is 4.59. The Labute approximate surface area is 103 Å². The highest BCUT2D eigenvalue weighted by molar-refractivity contribution is 7.09. The van der Waals surface area contributed by atoms with Crippen LogP contribution in [-0.4, -0.2) is 21.0 Å². The van der Waals surface area contributed by atoms with Crippen molar-refractivity contribution in [3.8, 4) is 0 Å². The molecule has 1 N–H and O–H groups in total. The molecule has 0 atom stereocenters. The van der Waals surface area contributed by atoms with Crippen molar-refractivity contribution in [2.75, 3.05) is 0 Å². The van der Waals surface area contributed by atoms with E-state index in [9.17, 15) is 4.79 Å². The summed E-state index contributed by atoms with van der Waals surface area (Å²) in [4.78, 5) is 20.5. The van der Waals surface area contributed by atoms with Crippen LogP contribution in [0.4, 0.5) is 0 Å². The summed E-state index contributed by atoms with van der Waals surface area (Å²) in [5.41, 5.74) is 0.793. The lowest BCUT2D eigenvalue weighted by atomic mass is 10.2. The number of carboxylic acids is 1. The van der Waals surface area contributed by atoms with Crippen LogP contribution in [0.25, 0.3) is 0 Å². The van der Waals surface area contributed by atoms with Gasteiger partial charge in [0.05, 0.1) is 11.3 Å². The van der Waals surface area contributed by atoms with Gasteiger partial charge in [0.15, 0.2) is 0 Å². The van der Waals surface area contributed by atoms with Gasteiger partial charge in [0, 0.05) is 17.5 Å². The summed E-state index contributed by atoms with van der Waals surface area (Å²) in [7, 11) is 0. The number of aryl methyl sites for hydroxylation is 1. The first kappa shape index (κ1) is 11.7. The van der Waals surface area contributed by atoms with Crippen LogP contribution >= 0.6 is 11.3 Å². The quantitative estimate of drug-likeness (QED) is 0.902. The number of hydrogen-bond acceptors (Lipinski definition) is 4. The van der Waals surface area contributed by atoms with Gasteiger partial charge in [-0.25, -0.2) is 14.8 Å². The van der Waals surface area contributed by atoms with Gasteiger partial charge in [-0.15, -0.1) is 11.3 Å². The third-order valence-corrected chi connectivity index (χ3v) is 3.27. The minimum atomic E-state index is -0.968. The van der Waals surface area contributed by atoms with Crippen LogP contribution in [0.15, 0.2) is 23.7 Å². The number of rotatable bonds is 4. The summed E-state index contributed by atoms with van der Waals surface area (Å²) in [6.45, 7) is 1.89. The Bertz CT molecular complexity index is 523. The predicted octanol–water partition coefficient (Wildman–Crippen LogP) is 2.39. The molecule has 2 heterocycles. The Hall–Kier alpha value is -1.75. The van der Waals surface area contributed by atoms with E-state index in [0.29, 0.717) is 24.4 Å². The normalized spacial score (nSPS) is 10.4. The molecular weight excluding hydrogens is 236 g/mol. The fourth-order valence-electron chi connectivity index (χ4n) is 1.56.